The second kappa shape index (κ2) is 5.12. The molecule has 0 radical (unpaired) electrons. The Balaban J connectivity index is 2.11. The van der Waals surface area contributed by atoms with Crippen LogP contribution in [0.5, 0.6) is 0 Å². The molecule has 3 unspecified atom stereocenters. The molecule has 20 heavy (non-hydrogen) atoms. The molecule has 1 aliphatic carbocycles. The minimum Gasteiger partial charge on any atom is -0.369 e. The highest BCUT2D eigenvalue weighted by Gasteiger charge is 2.29. The summed E-state index contributed by atoms with van der Waals surface area (Å²) in [5.41, 5.74) is 7.96. The molecule has 1 aromatic carbocycles. The Labute approximate surface area is 129 Å². The first kappa shape index (κ1) is 14.0. The summed E-state index contributed by atoms with van der Waals surface area (Å²) in [6.07, 6.45) is 3.60. The van der Waals surface area contributed by atoms with E-state index < -0.39 is 0 Å². The van der Waals surface area contributed by atoms with E-state index in [1.54, 1.807) is 6.07 Å². The van der Waals surface area contributed by atoms with Crippen LogP contribution in [0.3, 0.4) is 0 Å². The van der Waals surface area contributed by atoms with Crippen LogP contribution in [-0.4, -0.2) is 9.55 Å². The van der Waals surface area contributed by atoms with Crippen molar-refractivity contribution in [1.82, 2.24) is 9.55 Å². The molecular formula is C15H19Cl2N3. The van der Waals surface area contributed by atoms with Gasteiger partial charge in [0.1, 0.15) is 0 Å². The van der Waals surface area contributed by atoms with Crippen LogP contribution in [0, 0.1) is 11.8 Å². The molecule has 3 nitrogen and oxygen atoms in total. The van der Waals surface area contributed by atoms with Gasteiger partial charge in [0.15, 0.2) is 0 Å². The van der Waals surface area contributed by atoms with Gasteiger partial charge in [0.2, 0.25) is 5.95 Å². The standard InChI is InChI=1S/C15H19Cl2N3/c1-8-3-4-13(9(2)5-8)20-14-7-11(17)10(16)6-12(14)19-15(20)18/h6-9,13H,3-5H2,1-2H3,(H2,18,19). The molecule has 1 aliphatic rings. The number of imidazole rings is 1. The molecule has 2 aromatic rings. The lowest BCUT2D eigenvalue weighted by atomic mass is 9.79. The minimum atomic E-state index is 0.397. The first-order valence-electron chi connectivity index (χ1n) is 7.09. The number of halogens is 2. The first-order valence-corrected chi connectivity index (χ1v) is 7.85. The zero-order valence-corrected chi connectivity index (χ0v) is 13.2. The third-order valence-electron chi connectivity index (χ3n) is 4.48. The van der Waals surface area contributed by atoms with E-state index in [1.165, 1.54) is 12.8 Å². The third-order valence-corrected chi connectivity index (χ3v) is 5.20. The maximum Gasteiger partial charge on any atom is 0.201 e. The summed E-state index contributed by atoms with van der Waals surface area (Å²) in [7, 11) is 0. The zero-order valence-electron chi connectivity index (χ0n) is 11.7. The zero-order chi connectivity index (χ0) is 14.4. The summed E-state index contributed by atoms with van der Waals surface area (Å²) in [4.78, 5) is 4.44. The molecule has 2 N–H and O–H groups in total. The van der Waals surface area contributed by atoms with Crippen molar-refractivity contribution in [3.05, 3.63) is 22.2 Å². The van der Waals surface area contributed by atoms with E-state index in [0.717, 1.165) is 23.4 Å². The number of benzene rings is 1. The third kappa shape index (κ3) is 2.27. The molecule has 0 saturated heterocycles. The molecule has 1 saturated carbocycles. The number of anilines is 1. The predicted molar refractivity (Wildman–Crippen MR) is 85.4 cm³/mol. The van der Waals surface area contributed by atoms with E-state index in [-0.39, 0.29) is 0 Å². The second-order valence-corrected chi connectivity index (χ2v) is 6.87. The number of nitrogens with zero attached hydrogens (tertiary/aromatic N) is 2. The average molecular weight is 312 g/mol. The monoisotopic (exact) mass is 311 g/mol. The molecule has 0 aliphatic heterocycles. The fourth-order valence-corrected chi connectivity index (χ4v) is 3.81. The van der Waals surface area contributed by atoms with Crippen LogP contribution < -0.4 is 5.73 Å². The minimum absolute atomic E-state index is 0.397. The molecule has 0 amide bonds. The number of aromatic nitrogens is 2. The fourth-order valence-electron chi connectivity index (χ4n) is 3.49. The van der Waals surface area contributed by atoms with Gasteiger partial charge in [0, 0.05) is 6.04 Å². The van der Waals surface area contributed by atoms with Gasteiger partial charge in [-0.3, -0.25) is 0 Å². The van der Waals surface area contributed by atoms with E-state index in [9.17, 15) is 0 Å². The quantitative estimate of drug-likeness (QED) is 0.812. The van der Waals surface area contributed by atoms with Crippen molar-refractivity contribution in [2.24, 2.45) is 11.8 Å². The Kier molecular flexibility index (Phi) is 3.59. The molecule has 3 rings (SSSR count). The summed E-state index contributed by atoms with van der Waals surface area (Å²) in [6, 6.07) is 4.07. The highest BCUT2D eigenvalue weighted by Crippen LogP contribution is 2.40. The van der Waals surface area contributed by atoms with Gasteiger partial charge in [-0.05, 0) is 43.2 Å². The van der Waals surface area contributed by atoms with Crippen LogP contribution in [0.1, 0.15) is 39.2 Å². The molecule has 1 fully saturated rings. The number of hydrogen-bond acceptors (Lipinski definition) is 2. The van der Waals surface area contributed by atoms with Crippen molar-refractivity contribution in [2.45, 2.75) is 39.2 Å². The Morgan fingerprint density at radius 2 is 1.90 bits per heavy atom. The lowest BCUT2D eigenvalue weighted by Gasteiger charge is -2.34. The van der Waals surface area contributed by atoms with Crippen LogP contribution in [0.4, 0.5) is 5.95 Å². The van der Waals surface area contributed by atoms with Gasteiger partial charge in [-0.15, -0.1) is 0 Å². The van der Waals surface area contributed by atoms with Crippen LogP contribution in [0.2, 0.25) is 10.0 Å². The summed E-state index contributed by atoms with van der Waals surface area (Å²) in [5.74, 6) is 1.94. The van der Waals surface area contributed by atoms with Gasteiger partial charge in [0.25, 0.3) is 0 Å². The molecular weight excluding hydrogens is 293 g/mol. The Bertz CT molecular complexity index is 650. The number of nitrogens with two attached hydrogens (primary N) is 1. The summed E-state index contributed by atoms with van der Waals surface area (Å²) < 4.78 is 2.15. The van der Waals surface area contributed by atoms with Crippen LogP contribution in [0.15, 0.2) is 12.1 Å². The maximum absolute atomic E-state index is 6.15. The van der Waals surface area contributed by atoms with E-state index >= 15 is 0 Å². The lowest BCUT2D eigenvalue weighted by molar-refractivity contribution is 0.213. The molecule has 5 heteroatoms. The van der Waals surface area contributed by atoms with Crippen LogP contribution in [-0.2, 0) is 0 Å². The van der Waals surface area contributed by atoms with Crippen molar-refractivity contribution < 1.29 is 0 Å². The Hall–Kier alpha value is -0.930. The highest BCUT2D eigenvalue weighted by atomic mass is 35.5. The van der Waals surface area contributed by atoms with Crippen molar-refractivity contribution in [2.75, 3.05) is 5.73 Å². The smallest absolute Gasteiger partial charge is 0.201 e. The Morgan fingerprint density at radius 1 is 1.20 bits per heavy atom. The summed E-state index contributed by atoms with van der Waals surface area (Å²) in [6.45, 7) is 4.61. The van der Waals surface area contributed by atoms with Crippen LogP contribution in [0.25, 0.3) is 11.0 Å². The largest absolute Gasteiger partial charge is 0.369 e. The molecule has 0 bridgehead atoms. The van der Waals surface area contributed by atoms with Crippen LogP contribution >= 0.6 is 23.2 Å². The second-order valence-electron chi connectivity index (χ2n) is 6.06. The lowest BCUT2D eigenvalue weighted by Crippen LogP contribution is -2.25. The van der Waals surface area contributed by atoms with Gasteiger partial charge in [0.05, 0.1) is 21.1 Å². The van der Waals surface area contributed by atoms with E-state index in [4.69, 9.17) is 28.9 Å². The molecule has 1 aromatic heterocycles. The predicted octanol–water partition coefficient (Wildman–Crippen LogP) is 4.92. The van der Waals surface area contributed by atoms with Gasteiger partial charge in [-0.2, -0.15) is 0 Å². The molecule has 108 valence electrons. The summed E-state index contributed by atoms with van der Waals surface area (Å²) in [5, 5.41) is 1.08. The van der Waals surface area contributed by atoms with Gasteiger partial charge in [-0.1, -0.05) is 37.0 Å². The number of rotatable bonds is 1. The molecule has 0 spiro atoms. The molecule has 3 atom stereocenters. The first-order chi connectivity index (χ1) is 9.47. The van der Waals surface area contributed by atoms with Crippen molar-refractivity contribution in [3.8, 4) is 0 Å². The van der Waals surface area contributed by atoms with Gasteiger partial charge in [-0.25, -0.2) is 4.98 Å². The van der Waals surface area contributed by atoms with Crippen molar-refractivity contribution in [3.63, 3.8) is 0 Å². The number of nitrogen functional groups attached to an aromatic ring is 1. The maximum atomic E-state index is 6.15. The van der Waals surface area contributed by atoms with Gasteiger partial charge >= 0.3 is 0 Å². The van der Waals surface area contributed by atoms with Crippen molar-refractivity contribution >= 4 is 40.2 Å². The fraction of sp³-hybridized carbons (Fsp3) is 0.533. The average Bonchev–Trinajstić information content (AvgIpc) is 2.66. The summed E-state index contributed by atoms with van der Waals surface area (Å²) >= 11 is 12.2. The van der Waals surface area contributed by atoms with Crippen molar-refractivity contribution in [1.29, 1.82) is 0 Å². The number of hydrogen-bond donors (Lipinski definition) is 1. The normalized spacial score (nSPS) is 27.1. The topological polar surface area (TPSA) is 43.8 Å². The van der Waals surface area contributed by atoms with E-state index in [2.05, 4.69) is 23.4 Å². The Morgan fingerprint density at radius 3 is 2.60 bits per heavy atom. The van der Waals surface area contributed by atoms with E-state index in [0.29, 0.717) is 28.0 Å². The number of fused-ring (bicyclic) bond motifs is 1. The molecule has 1 heterocycles. The van der Waals surface area contributed by atoms with E-state index in [1.807, 2.05) is 6.07 Å². The highest BCUT2D eigenvalue weighted by molar-refractivity contribution is 6.42. The van der Waals surface area contributed by atoms with Gasteiger partial charge < -0.3 is 10.3 Å². The SMILES string of the molecule is CC1CCC(n2c(N)nc3cc(Cl)c(Cl)cc32)C(C)C1.